The zero-order valence-corrected chi connectivity index (χ0v) is 19.2. The molecule has 1 amide bonds. The third kappa shape index (κ3) is 5.51. The number of halogens is 5. The van der Waals surface area contributed by atoms with Crippen LogP contribution in [0.1, 0.15) is 17.7 Å². The van der Waals surface area contributed by atoms with Crippen molar-refractivity contribution < 1.29 is 35.2 Å². The topological polar surface area (TPSA) is 92.3 Å². The fourth-order valence-corrected chi connectivity index (χ4v) is 5.41. The van der Waals surface area contributed by atoms with Gasteiger partial charge >= 0.3 is 6.18 Å². The minimum absolute atomic E-state index is 0.160. The molecule has 0 saturated carbocycles. The van der Waals surface area contributed by atoms with Gasteiger partial charge in [0.1, 0.15) is 24.4 Å². The number of nitrogens with one attached hydrogen (secondary N) is 1. The fourth-order valence-electron chi connectivity index (χ4n) is 3.78. The summed E-state index contributed by atoms with van der Waals surface area (Å²) in [5.41, 5.74) is 0.199. The van der Waals surface area contributed by atoms with Gasteiger partial charge in [0, 0.05) is 18.5 Å². The smallest absolute Gasteiger partial charge is 0.349 e. The molecule has 2 unspecified atom stereocenters. The Balaban J connectivity index is 1.46. The third-order valence-corrected chi connectivity index (χ3v) is 7.49. The number of amides is 1. The van der Waals surface area contributed by atoms with E-state index in [0.717, 1.165) is 40.7 Å². The van der Waals surface area contributed by atoms with Crippen molar-refractivity contribution in [3.63, 3.8) is 0 Å². The lowest BCUT2D eigenvalue weighted by atomic mass is 10.1. The number of aromatic nitrogens is 2. The van der Waals surface area contributed by atoms with Crippen molar-refractivity contribution in [1.82, 2.24) is 19.6 Å². The van der Waals surface area contributed by atoms with E-state index < -0.39 is 52.2 Å². The summed E-state index contributed by atoms with van der Waals surface area (Å²) in [6.45, 7) is -0.684. The van der Waals surface area contributed by atoms with E-state index in [-0.39, 0.29) is 17.9 Å². The molecule has 7 nitrogen and oxygen atoms in total. The quantitative estimate of drug-likeness (QED) is 0.495. The lowest BCUT2D eigenvalue weighted by molar-refractivity contribution is -0.137. The molecular weight excluding hydrogens is 507 g/mol. The normalized spacial score (nSPS) is 18.8. The van der Waals surface area contributed by atoms with Gasteiger partial charge in [-0.15, -0.1) is 0 Å². The summed E-state index contributed by atoms with van der Waals surface area (Å²) in [6, 6.07) is 8.46. The molecule has 1 N–H and O–H groups in total. The molecule has 2 atom stereocenters. The van der Waals surface area contributed by atoms with E-state index in [9.17, 15) is 35.2 Å². The van der Waals surface area contributed by atoms with Crippen LogP contribution in [-0.2, 0) is 27.5 Å². The molecular formula is C23H19F5N4O3S. The third-order valence-electron chi connectivity index (χ3n) is 5.60. The number of carbonyl (C=O) groups excluding carboxylic acids is 1. The number of sulfonamides is 1. The van der Waals surface area contributed by atoms with Crippen LogP contribution in [0.5, 0.6) is 0 Å². The van der Waals surface area contributed by atoms with Crippen molar-refractivity contribution in [1.29, 1.82) is 0 Å². The van der Waals surface area contributed by atoms with Crippen molar-refractivity contribution in [2.75, 3.05) is 6.54 Å². The van der Waals surface area contributed by atoms with Crippen LogP contribution in [0.2, 0.25) is 0 Å². The van der Waals surface area contributed by atoms with Gasteiger partial charge in [-0.1, -0.05) is 12.1 Å². The summed E-state index contributed by atoms with van der Waals surface area (Å²) in [5.74, 6) is -1.40. The van der Waals surface area contributed by atoms with Crippen LogP contribution in [0.4, 0.5) is 22.0 Å². The highest BCUT2D eigenvalue weighted by atomic mass is 32.2. The Morgan fingerprint density at radius 1 is 1.06 bits per heavy atom. The molecule has 0 aliphatic carbocycles. The summed E-state index contributed by atoms with van der Waals surface area (Å²) in [7, 11) is -4.26. The van der Waals surface area contributed by atoms with E-state index in [0.29, 0.717) is 17.0 Å². The Bertz CT molecular complexity index is 1350. The molecule has 190 valence electrons. The lowest BCUT2D eigenvalue weighted by Gasteiger charge is -2.23. The second kappa shape index (κ2) is 9.90. The number of carbonyl (C=O) groups is 1. The molecule has 36 heavy (non-hydrogen) atoms. The molecule has 4 rings (SSSR count). The van der Waals surface area contributed by atoms with E-state index >= 15 is 0 Å². The molecule has 0 bridgehead atoms. The molecule has 2 aromatic carbocycles. The highest BCUT2D eigenvalue weighted by molar-refractivity contribution is 7.89. The van der Waals surface area contributed by atoms with Gasteiger partial charge in [0.05, 0.1) is 28.4 Å². The summed E-state index contributed by atoms with van der Waals surface area (Å²) >= 11 is 0. The predicted molar refractivity (Wildman–Crippen MR) is 118 cm³/mol. The maximum absolute atomic E-state index is 14.2. The lowest BCUT2D eigenvalue weighted by Crippen LogP contribution is -2.45. The highest BCUT2D eigenvalue weighted by Gasteiger charge is 2.44. The first-order chi connectivity index (χ1) is 16.9. The summed E-state index contributed by atoms with van der Waals surface area (Å²) in [5, 5.41) is 2.52. The van der Waals surface area contributed by atoms with Crippen molar-refractivity contribution in [2.45, 2.75) is 36.3 Å². The molecule has 1 aliphatic rings. The fraction of sp³-hybridized carbons (Fsp3) is 0.261. The van der Waals surface area contributed by atoms with Crippen molar-refractivity contribution >= 4 is 15.9 Å². The molecule has 13 heteroatoms. The number of alkyl halides is 4. The number of nitrogens with zero attached hydrogens (tertiary/aromatic N) is 3. The van der Waals surface area contributed by atoms with Crippen LogP contribution < -0.4 is 5.32 Å². The van der Waals surface area contributed by atoms with Crippen molar-refractivity contribution in [3.05, 3.63) is 78.0 Å². The second-order valence-corrected chi connectivity index (χ2v) is 9.96. The van der Waals surface area contributed by atoms with E-state index in [1.807, 2.05) is 0 Å². The molecule has 0 radical (unpaired) electrons. The van der Waals surface area contributed by atoms with Crippen LogP contribution in [-0.4, -0.2) is 47.4 Å². The van der Waals surface area contributed by atoms with Crippen LogP contribution >= 0.6 is 0 Å². The van der Waals surface area contributed by atoms with Gasteiger partial charge in [-0.3, -0.25) is 4.79 Å². The Morgan fingerprint density at radius 2 is 1.72 bits per heavy atom. The molecule has 2 heterocycles. The van der Waals surface area contributed by atoms with E-state index in [2.05, 4.69) is 15.3 Å². The first-order valence-corrected chi connectivity index (χ1v) is 12.1. The van der Waals surface area contributed by atoms with Gasteiger partial charge in [-0.25, -0.2) is 27.2 Å². The van der Waals surface area contributed by atoms with Crippen LogP contribution in [0, 0.1) is 5.82 Å². The minimum atomic E-state index is -4.48. The second-order valence-electron chi connectivity index (χ2n) is 8.06. The van der Waals surface area contributed by atoms with E-state index in [4.69, 9.17) is 0 Å². The average molecular weight is 526 g/mol. The van der Waals surface area contributed by atoms with Gasteiger partial charge in [0.2, 0.25) is 15.9 Å². The summed E-state index contributed by atoms with van der Waals surface area (Å²) in [4.78, 5) is 20.6. The van der Waals surface area contributed by atoms with E-state index in [1.165, 1.54) is 24.5 Å². The monoisotopic (exact) mass is 526 g/mol. The number of hydrogen-bond acceptors (Lipinski definition) is 5. The Morgan fingerprint density at radius 3 is 2.36 bits per heavy atom. The molecule has 1 fully saturated rings. The minimum Gasteiger partial charge on any atom is -0.349 e. The maximum atomic E-state index is 14.2. The maximum Gasteiger partial charge on any atom is 0.416 e. The zero-order chi connectivity index (χ0) is 26.1. The molecule has 1 aliphatic heterocycles. The molecule has 1 saturated heterocycles. The van der Waals surface area contributed by atoms with Gasteiger partial charge in [-0.2, -0.15) is 17.5 Å². The SMILES string of the molecule is O=C(NCc1cc(-c2ccc(C(F)(F)F)cc2)ncn1)C1CC(F)CN1S(=O)(=O)c1ccc(F)cc1. The first-order valence-electron chi connectivity index (χ1n) is 10.6. The van der Waals surface area contributed by atoms with Gasteiger partial charge in [0.15, 0.2) is 0 Å². The first kappa shape index (κ1) is 25.6. The standard InChI is InChI=1S/C23H19F5N4O3S/c24-16-5-7-19(8-6-16)36(34,35)32-12-17(25)9-21(32)22(33)29-11-18-10-20(31-13-30-18)14-1-3-15(4-2-14)23(26,27)28/h1-8,10,13,17,21H,9,11-12H2,(H,29,33). The molecule has 3 aromatic rings. The van der Waals surface area contributed by atoms with E-state index in [1.54, 1.807) is 0 Å². The molecule has 0 spiro atoms. The Labute approximate surface area is 203 Å². The van der Waals surface area contributed by atoms with Gasteiger partial charge < -0.3 is 5.32 Å². The summed E-state index contributed by atoms with van der Waals surface area (Å²) in [6.07, 6.45) is -5.22. The van der Waals surface area contributed by atoms with Crippen molar-refractivity contribution in [2.24, 2.45) is 0 Å². The average Bonchev–Trinajstić information content (AvgIpc) is 3.25. The van der Waals surface area contributed by atoms with Crippen molar-refractivity contribution in [3.8, 4) is 11.3 Å². The van der Waals surface area contributed by atoms with Gasteiger partial charge in [0.25, 0.3) is 0 Å². The Hall–Kier alpha value is -3.45. The van der Waals surface area contributed by atoms with Crippen LogP contribution in [0.25, 0.3) is 11.3 Å². The van der Waals surface area contributed by atoms with Crippen LogP contribution in [0.3, 0.4) is 0 Å². The van der Waals surface area contributed by atoms with Gasteiger partial charge in [-0.05, 0) is 42.5 Å². The Kier molecular flexibility index (Phi) is 7.05. The highest BCUT2D eigenvalue weighted by Crippen LogP contribution is 2.31. The largest absolute Gasteiger partial charge is 0.416 e. The van der Waals surface area contributed by atoms with Crippen LogP contribution in [0.15, 0.2) is 65.8 Å². The zero-order valence-electron chi connectivity index (χ0n) is 18.4. The number of rotatable bonds is 6. The number of hydrogen-bond donors (Lipinski definition) is 1. The predicted octanol–water partition coefficient (Wildman–Crippen LogP) is 3.72. The molecule has 1 aromatic heterocycles. The summed E-state index contributed by atoms with van der Waals surface area (Å²) < 4.78 is 92.3. The number of benzene rings is 2.